The van der Waals surface area contributed by atoms with Crippen LogP contribution in [0.2, 0.25) is 0 Å². The SMILES string of the molecule is CC(c1cc2ccccc2[nH]1)N(C)C(=O)/C=C/c1cnc2[nH]c(=O)oc2c1. The lowest BCUT2D eigenvalue weighted by atomic mass is 10.2. The van der Waals surface area contributed by atoms with Crippen molar-refractivity contribution in [2.75, 3.05) is 7.05 Å². The Morgan fingerprint density at radius 2 is 2.07 bits per heavy atom. The summed E-state index contributed by atoms with van der Waals surface area (Å²) in [6, 6.07) is 11.6. The molecule has 0 fully saturated rings. The zero-order chi connectivity index (χ0) is 19.0. The minimum atomic E-state index is -0.554. The summed E-state index contributed by atoms with van der Waals surface area (Å²) < 4.78 is 4.98. The first kappa shape index (κ1) is 16.8. The molecule has 1 aromatic carbocycles. The summed E-state index contributed by atoms with van der Waals surface area (Å²) in [6.45, 7) is 1.97. The second-order valence-electron chi connectivity index (χ2n) is 6.40. The number of amides is 1. The number of benzene rings is 1. The van der Waals surface area contributed by atoms with Crippen molar-refractivity contribution < 1.29 is 9.21 Å². The number of carbonyl (C=O) groups is 1. The van der Waals surface area contributed by atoms with Crippen molar-refractivity contribution in [3.8, 4) is 0 Å². The van der Waals surface area contributed by atoms with Crippen LogP contribution in [0.25, 0.3) is 28.2 Å². The van der Waals surface area contributed by atoms with E-state index in [1.165, 1.54) is 6.08 Å². The maximum Gasteiger partial charge on any atom is 0.418 e. The largest absolute Gasteiger partial charge is 0.418 e. The number of carbonyl (C=O) groups excluding carboxylic acids is 1. The van der Waals surface area contributed by atoms with E-state index in [1.807, 2.05) is 31.2 Å². The second kappa shape index (κ2) is 6.60. The van der Waals surface area contributed by atoms with Crippen LogP contribution in [0.5, 0.6) is 0 Å². The molecule has 0 spiro atoms. The van der Waals surface area contributed by atoms with E-state index in [2.05, 4.69) is 21.0 Å². The Morgan fingerprint density at radius 1 is 1.26 bits per heavy atom. The molecule has 1 unspecified atom stereocenters. The number of likely N-dealkylation sites (N-methyl/N-ethyl adjacent to an activating group) is 1. The Kier molecular flexibility index (Phi) is 4.12. The molecular formula is C20H18N4O3. The molecule has 0 aliphatic carbocycles. The predicted molar refractivity (Wildman–Crippen MR) is 103 cm³/mol. The molecule has 1 atom stereocenters. The molecule has 0 radical (unpaired) electrons. The Balaban J connectivity index is 1.51. The zero-order valence-electron chi connectivity index (χ0n) is 14.9. The average Bonchev–Trinajstić information content (AvgIpc) is 3.26. The topological polar surface area (TPSA) is 95.0 Å². The fourth-order valence-corrected chi connectivity index (χ4v) is 2.95. The average molecular weight is 362 g/mol. The zero-order valence-corrected chi connectivity index (χ0v) is 14.9. The number of nitrogens with zero attached hydrogens (tertiary/aromatic N) is 2. The van der Waals surface area contributed by atoms with E-state index in [0.717, 1.165) is 16.6 Å². The molecule has 2 N–H and O–H groups in total. The van der Waals surface area contributed by atoms with Crippen LogP contribution in [0.3, 0.4) is 0 Å². The Labute approximate surface area is 154 Å². The summed E-state index contributed by atoms with van der Waals surface area (Å²) in [6.07, 6.45) is 4.70. The highest BCUT2D eigenvalue weighted by Gasteiger charge is 2.17. The first-order chi connectivity index (χ1) is 13.0. The lowest BCUT2D eigenvalue weighted by Gasteiger charge is -2.22. The molecule has 7 heteroatoms. The van der Waals surface area contributed by atoms with Gasteiger partial charge in [0.15, 0.2) is 11.2 Å². The molecular weight excluding hydrogens is 344 g/mol. The summed E-state index contributed by atoms with van der Waals surface area (Å²) >= 11 is 0. The molecule has 0 bridgehead atoms. The molecule has 0 saturated carbocycles. The molecule has 136 valence electrons. The van der Waals surface area contributed by atoms with E-state index in [-0.39, 0.29) is 11.9 Å². The van der Waals surface area contributed by atoms with Crippen molar-refractivity contribution in [3.63, 3.8) is 0 Å². The molecule has 7 nitrogen and oxygen atoms in total. The standard InChI is InChI=1S/C20H18N4O3/c1-12(16-10-14-5-3-4-6-15(14)22-16)24(2)18(25)8-7-13-9-17-19(21-11-13)23-20(26)27-17/h3-12,22H,1-2H3,(H,21,23,26)/b8-7+. The van der Waals surface area contributed by atoms with Gasteiger partial charge < -0.3 is 14.3 Å². The highest BCUT2D eigenvalue weighted by molar-refractivity contribution is 5.92. The van der Waals surface area contributed by atoms with Crippen molar-refractivity contribution >= 4 is 34.1 Å². The van der Waals surface area contributed by atoms with Crippen molar-refractivity contribution in [1.29, 1.82) is 0 Å². The van der Waals surface area contributed by atoms with Gasteiger partial charge >= 0.3 is 5.76 Å². The normalized spacial score (nSPS) is 12.8. The van der Waals surface area contributed by atoms with Crippen molar-refractivity contribution in [2.24, 2.45) is 0 Å². The van der Waals surface area contributed by atoms with E-state index in [0.29, 0.717) is 16.8 Å². The first-order valence-corrected chi connectivity index (χ1v) is 8.52. The molecule has 0 aliphatic heterocycles. The van der Waals surface area contributed by atoms with E-state index < -0.39 is 5.76 Å². The molecule has 4 rings (SSSR count). The van der Waals surface area contributed by atoms with Gasteiger partial charge in [-0.1, -0.05) is 18.2 Å². The number of nitrogens with one attached hydrogen (secondary N) is 2. The molecule has 27 heavy (non-hydrogen) atoms. The summed E-state index contributed by atoms with van der Waals surface area (Å²) in [5.74, 6) is -0.696. The monoisotopic (exact) mass is 362 g/mol. The molecule has 0 aliphatic rings. The van der Waals surface area contributed by atoms with Crippen LogP contribution in [0, 0.1) is 0 Å². The number of pyridine rings is 1. The predicted octanol–water partition coefficient (Wildman–Crippen LogP) is 3.23. The minimum Gasteiger partial charge on any atom is -0.406 e. The van der Waals surface area contributed by atoms with E-state index in [4.69, 9.17) is 4.42 Å². The molecule has 4 aromatic rings. The Hall–Kier alpha value is -3.61. The Bertz CT molecular complexity index is 1180. The lowest BCUT2D eigenvalue weighted by Crippen LogP contribution is -2.28. The van der Waals surface area contributed by atoms with Gasteiger partial charge in [-0.05, 0) is 42.1 Å². The van der Waals surface area contributed by atoms with Gasteiger partial charge in [-0.25, -0.2) is 9.78 Å². The van der Waals surface area contributed by atoms with Gasteiger partial charge in [-0.15, -0.1) is 0 Å². The van der Waals surface area contributed by atoms with Crippen LogP contribution >= 0.6 is 0 Å². The van der Waals surface area contributed by atoms with Gasteiger partial charge in [0.05, 0.1) is 6.04 Å². The van der Waals surface area contributed by atoms with Crippen molar-refractivity contribution in [2.45, 2.75) is 13.0 Å². The van der Waals surface area contributed by atoms with Crippen molar-refractivity contribution in [3.05, 3.63) is 70.5 Å². The van der Waals surface area contributed by atoms with Crippen molar-refractivity contribution in [1.82, 2.24) is 19.9 Å². The molecule has 0 saturated heterocycles. The minimum absolute atomic E-state index is 0.113. The van der Waals surface area contributed by atoms with Gasteiger partial charge in [0.2, 0.25) is 5.91 Å². The molecule has 1 amide bonds. The maximum absolute atomic E-state index is 12.5. The quantitative estimate of drug-likeness (QED) is 0.545. The van der Waals surface area contributed by atoms with Gasteiger partial charge in [0.25, 0.3) is 0 Å². The lowest BCUT2D eigenvalue weighted by molar-refractivity contribution is -0.126. The number of aromatic nitrogens is 3. The number of H-pyrrole nitrogens is 2. The number of oxazole rings is 1. The number of hydrogen-bond acceptors (Lipinski definition) is 4. The van der Waals surface area contributed by atoms with Crippen LogP contribution in [0.1, 0.15) is 24.2 Å². The van der Waals surface area contributed by atoms with Gasteiger partial charge in [-0.2, -0.15) is 0 Å². The highest BCUT2D eigenvalue weighted by atomic mass is 16.4. The second-order valence-corrected chi connectivity index (χ2v) is 6.40. The summed E-state index contributed by atoms with van der Waals surface area (Å²) in [4.78, 5) is 35.3. The fraction of sp³-hybridized carbons (Fsp3) is 0.150. The van der Waals surface area contributed by atoms with Crippen LogP contribution in [-0.4, -0.2) is 32.8 Å². The molecule has 3 heterocycles. The molecule has 3 aromatic heterocycles. The number of fused-ring (bicyclic) bond motifs is 2. The van der Waals surface area contributed by atoms with E-state index in [1.54, 1.807) is 30.3 Å². The van der Waals surface area contributed by atoms with Gasteiger partial charge in [-0.3, -0.25) is 9.78 Å². The third-order valence-corrected chi connectivity index (χ3v) is 4.64. The van der Waals surface area contributed by atoms with Gasteiger partial charge in [0.1, 0.15) is 0 Å². The fourth-order valence-electron chi connectivity index (χ4n) is 2.95. The highest BCUT2D eigenvalue weighted by Crippen LogP contribution is 2.23. The van der Waals surface area contributed by atoms with E-state index >= 15 is 0 Å². The Morgan fingerprint density at radius 3 is 2.89 bits per heavy atom. The number of hydrogen-bond donors (Lipinski definition) is 2. The number of aromatic amines is 2. The third kappa shape index (κ3) is 3.27. The van der Waals surface area contributed by atoms with Gasteiger partial charge in [0, 0.05) is 30.5 Å². The van der Waals surface area contributed by atoms with E-state index in [9.17, 15) is 9.59 Å². The first-order valence-electron chi connectivity index (χ1n) is 8.52. The number of para-hydroxylation sites is 1. The maximum atomic E-state index is 12.5. The third-order valence-electron chi connectivity index (χ3n) is 4.64. The van der Waals surface area contributed by atoms with Crippen LogP contribution in [0.15, 0.2) is 57.9 Å². The summed E-state index contributed by atoms with van der Waals surface area (Å²) in [5, 5.41) is 1.11. The van der Waals surface area contributed by atoms with Crippen LogP contribution in [0.4, 0.5) is 0 Å². The summed E-state index contributed by atoms with van der Waals surface area (Å²) in [5.41, 5.74) is 3.42. The number of rotatable bonds is 4. The summed E-state index contributed by atoms with van der Waals surface area (Å²) in [7, 11) is 1.76. The van der Waals surface area contributed by atoms with Crippen LogP contribution in [-0.2, 0) is 4.79 Å². The van der Waals surface area contributed by atoms with Crippen LogP contribution < -0.4 is 5.76 Å². The smallest absolute Gasteiger partial charge is 0.406 e.